The van der Waals surface area contributed by atoms with Crippen molar-refractivity contribution in [1.29, 1.82) is 0 Å². The predicted molar refractivity (Wildman–Crippen MR) is 85.4 cm³/mol. The van der Waals surface area contributed by atoms with Crippen LogP contribution < -0.4 is 10.0 Å². The summed E-state index contributed by atoms with van der Waals surface area (Å²) < 4.78 is 28.4. The number of amides is 1. The molecule has 2 rings (SSSR count). The van der Waals surface area contributed by atoms with Gasteiger partial charge in [0.2, 0.25) is 10.0 Å². The minimum atomic E-state index is -3.99. The first-order valence-electron chi connectivity index (χ1n) is 7.17. The molecule has 0 aromatic heterocycles. The molecule has 0 saturated carbocycles. The molecule has 0 unspecified atom stereocenters. The number of morpholine rings is 1. The van der Waals surface area contributed by atoms with Gasteiger partial charge in [0.25, 0.3) is 5.91 Å². The highest BCUT2D eigenvalue weighted by atomic mass is 32.2. The second kappa shape index (κ2) is 7.16. The Kier molecular flexibility index (Phi) is 5.42. The molecule has 1 aliphatic heterocycles. The van der Waals surface area contributed by atoms with Gasteiger partial charge in [-0.25, -0.2) is 13.6 Å². The molecule has 1 amide bonds. The number of nitrogens with zero attached hydrogens (tertiary/aromatic N) is 2. The molecule has 1 aliphatic rings. The van der Waals surface area contributed by atoms with Crippen LogP contribution in [0, 0.1) is 0 Å². The largest absolute Gasteiger partial charge is 0.480 e. The molecule has 0 atom stereocenters. The highest BCUT2D eigenvalue weighted by Gasteiger charge is 2.24. The summed E-state index contributed by atoms with van der Waals surface area (Å²) in [6.45, 7) is 1.54. The van der Waals surface area contributed by atoms with E-state index in [2.05, 4.69) is 0 Å². The Morgan fingerprint density at radius 1 is 1.33 bits per heavy atom. The van der Waals surface area contributed by atoms with Crippen LogP contribution in [0.1, 0.15) is 10.4 Å². The van der Waals surface area contributed by atoms with Crippen LogP contribution in [0.4, 0.5) is 5.69 Å². The minimum absolute atomic E-state index is 0.0900. The summed E-state index contributed by atoms with van der Waals surface area (Å²) in [6.07, 6.45) is 0. The maximum Gasteiger partial charge on any atom is 0.323 e. The number of carboxylic acid groups (broad SMARTS) is 1. The zero-order chi connectivity index (χ0) is 17.9. The van der Waals surface area contributed by atoms with Gasteiger partial charge >= 0.3 is 5.97 Å². The van der Waals surface area contributed by atoms with Crippen LogP contribution in [0.25, 0.3) is 0 Å². The maximum absolute atomic E-state index is 12.6. The Morgan fingerprint density at radius 2 is 1.96 bits per heavy atom. The average molecular weight is 357 g/mol. The lowest BCUT2D eigenvalue weighted by Crippen LogP contribution is -2.39. The first-order chi connectivity index (χ1) is 11.2. The van der Waals surface area contributed by atoms with E-state index < -0.39 is 28.4 Å². The molecular formula is C14H19N3O6S. The average Bonchev–Trinajstić information content (AvgIpc) is 2.53. The number of primary sulfonamides is 1. The van der Waals surface area contributed by atoms with Crippen LogP contribution >= 0.6 is 0 Å². The van der Waals surface area contributed by atoms with E-state index in [0.717, 1.165) is 4.90 Å². The van der Waals surface area contributed by atoms with E-state index in [1.54, 1.807) is 0 Å². The number of aliphatic carboxylic acids is 1. The molecule has 1 aromatic carbocycles. The van der Waals surface area contributed by atoms with E-state index in [9.17, 15) is 18.0 Å². The number of hydrogen-bond donors (Lipinski definition) is 2. The Morgan fingerprint density at radius 3 is 2.50 bits per heavy atom. The third kappa shape index (κ3) is 4.22. The zero-order valence-corrected chi connectivity index (χ0v) is 14.0. The number of rotatable bonds is 5. The predicted octanol–water partition coefficient (Wildman–Crippen LogP) is -0.673. The summed E-state index contributed by atoms with van der Waals surface area (Å²) in [4.78, 5) is 26.1. The maximum atomic E-state index is 12.6. The van der Waals surface area contributed by atoms with E-state index in [-0.39, 0.29) is 10.5 Å². The monoisotopic (exact) mass is 357 g/mol. The van der Waals surface area contributed by atoms with Crippen molar-refractivity contribution in [3.8, 4) is 0 Å². The van der Waals surface area contributed by atoms with E-state index in [0.29, 0.717) is 32.0 Å². The summed E-state index contributed by atoms with van der Waals surface area (Å²) in [5, 5.41) is 14.0. The van der Waals surface area contributed by atoms with Gasteiger partial charge in [-0.05, 0) is 18.2 Å². The number of anilines is 1. The van der Waals surface area contributed by atoms with Crippen LogP contribution in [0.2, 0.25) is 0 Å². The molecule has 0 radical (unpaired) electrons. The molecule has 132 valence electrons. The number of carbonyl (C=O) groups is 2. The van der Waals surface area contributed by atoms with Crippen LogP contribution in [0.5, 0.6) is 0 Å². The molecule has 10 heteroatoms. The number of sulfonamides is 1. The number of hydrogen-bond acceptors (Lipinski definition) is 6. The highest BCUT2D eigenvalue weighted by molar-refractivity contribution is 7.89. The van der Waals surface area contributed by atoms with Crippen molar-refractivity contribution in [1.82, 2.24) is 4.90 Å². The summed E-state index contributed by atoms with van der Waals surface area (Å²) in [6, 6.07) is 4.02. The molecule has 0 bridgehead atoms. The van der Waals surface area contributed by atoms with Gasteiger partial charge < -0.3 is 19.6 Å². The second-order valence-electron chi connectivity index (χ2n) is 5.38. The summed E-state index contributed by atoms with van der Waals surface area (Å²) in [7, 11) is -2.65. The molecule has 9 nitrogen and oxygen atoms in total. The van der Waals surface area contributed by atoms with Gasteiger partial charge in [-0.15, -0.1) is 0 Å². The normalized spacial score (nSPS) is 15.2. The fraction of sp³-hybridized carbons (Fsp3) is 0.429. The van der Waals surface area contributed by atoms with Gasteiger partial charge in [-0.2, -0.15) is 0 Å². The van der Waals surface area contributed by atoms with Crippen LogP contribution in [0.15, 0.2) is 23.1 Å². The molecule has 1 heterocycles. The summed E-state index contributed by atoms with van der Waals surface area (Å²) in [5.74, 6) is -1.76. The number of carbonyl (C=O) groups excluding carboxylic acids is 1. The topological polar surface area (TPSA) is 130 Å². The van der Waals surface area contributed by atoms with E-state index in [1.165, 1.54) is 25.2 Å². The lowest BCUT2D eigenvalue weighted by Gasteiger charge is -2.31. The third-order valence-electron chi connectivity index (χ3n) is 3.60. The molecule has 0 spiro atoms. The van der Waals surface area contributed by atoms with E-state index >= 15 is 0 Å². The van der Waals surface area contributed by atoms with Crippen molar-refractivity contribution in [2.24, 2.45) is 5.14 Å². The molecule has 3 N–H and O–H groups in total. The zero-order valence-electron chi connectivity index (χ0n) is 13.1. The molecule has 1 aromatic rings. The lowest BCUT2D eigenvalue weighted by molar-refractivity contribution is -0.137. The smallest absolute Gasteiger partial charge is 0.323 e. The number of benzene rings is 1. The Hall–Kier alpha value is -2.17. The van der Waals surface area contributed by atoms with Crippen molar-refractivity contribution < 1.29 is 27.9 Å². The van der Waals surface area contributed by atoms with Crippen molar-refractivity contribution >= 4 is 27.6 Å². The quantitative estimate of drug-likeness (QED) is 0.714. The fourth-order valence-corrected chi connectivity index (χ4v) is 2.96. The number of nitrogens with two attached hydrogens (primary N) is 1. The van der Waals surface area contributed by atoms with Gasteiger partial charge in [-0.3, -0.25) is 9.59 Å². The van der Waals surface area contributed by atoms with Crippen molar-refractivity contribution in [2.45, 2.75) is 4.90 Å². The van der Waals surface area contributed by atoms with Gasteiger partial charge in [0.15, 0.2) is 0 Å². The van der Waals surface area contributed by atoms with Crippen molar-refractivity contribution in [3.05, 3.63) is 23.8 Å². The molecular weight excluding hydrogens is 338 g/mol. The Balaban J connectivity index is 2.46. The standard InChI is InChI=1S/C14H19N3O6S/c1-16(9-13(18)19)14(20)11-8-10(24(15,21)22)2-3-12(11)17-4-6-23-7-5-17/h2-3,8H,4-7,9H2,1H3,(H,18,19)(H2,15,21,22). The van der Waals surface area contributed by atoms with Crippen molar-refractivity contribution in [3.63, 3.8) is 0 Å². The lowest BCUT2D eigenvalue weighted by atomic mass is 10.1. The second-order valence-corrected chi connectivity index (χ2v) is 6.94. The van der Waals surface area contributed by atoms with Gasteiger partial charge in [0.1, 0.15) is 6.54 Å². The number of ether oxygens (including phenoxy) is 1. The van der Waals surface area contributed by atoms with E-state index in [1.807, 2.05) is 4.90 Å². The summed E-state index contributed by atoms with van der Waals surface area (Å²) in [5.41, 5.74) is 0.611. The Labute approximate surface area is 139 Å². The van der Waals surface area contributed by atoms with Gasteiger partial charge in [0.05, 0.1) is 23.7 Å². The number of likely N-dealkylation sites (N-methyl/N-ethyl adjacent to an activating group) is 1. The molecule has 0 aliphatic carbocycles. The van der Waals surface area contributed by atoms with Crippen LogP contribution in [-0.4, -0.2) is 70.2 Å². The fourth-order valence-electron chi connectivity index (χ4n) is 2.42. The number of carboxylic acids is 1. The van der Waals surface area contributed by atoms with Crippen LogP contribution in [-0.2, 0) is 19.6 Å². The van der Waals surface area contributed by atoms with E-state index in [4.69, 9.17) is 15.0 Å². The van der Waals surface area contributed by atoms with Crippen LogP contribution in [0.3, 0.4) is 0 Å². The first kappa shape index (κ1) is 18.2. The molecule has 1 saturated heterocycles. The summed E-state index contributed by atoms with van der Waals surface area (Å²) >= 11 is 0. The van der Waals surface area contributed by atoms with Crippen molar-refractivity contribution in [2.75, 3.05) is 44.8 Å². The SMILES string of the molecule is CN(CC(=O)O)C(=O)c1cc(S(N)(=O)=O)ccc1N1CCOCC1. The molecule has 24 heavy (non-hydrogen) atoms. The Bertz CT molecular complexity index is 743. The minimum Gasteiger partial charge on any atom is -0.480 e. The first-order valence-corrected chi connectivity index (χ1v) is 8.71. The van der Waals surface area contributed by atoms with Gasteiger partial charge in [-0.1, -0.05) is 0 Å². The molecule has 1 fully saturated rings. The highest BCUT2D eigenvalue weighted by Crippen LogP contribution is 2.26. The van der Waals surface area contributed by atoms with Gasteiger partial charge in [0, 0.05) is 25.8 Å². The third-order valence-corrected chi connectivity index (χ3v) is 4.51.